The van der Waals surface area contributed by atoms with Gasteiger partial charge < -0.3 is 10.1 Å². The molecule has 1 saturated heterocycles. The molecule has 17 heavy (non-hydrogen) atoms. The molecule has 1 aromatic rings. The highest BCUT2D eigenvalue weighted by molar-refractivity contribution is 6.32. The number of nitrogens with zero attached hydrogens (tertiary/aromatic N) is 1. The largest absolute Gasteiger partial charge is 0.490 e. The fourth-order valence-electron chi connectivity index (χ4n) is 1.81. The van der Waals surface area contributed by atoms with Gasteiger partial charge in [-0.1, -0.05) is 11.6 Å². The van der Waals surface area contributed by atoms with E-state index in [1.165, 1.54) is 18.2 Å². The Labute approximate surface area is 104 Å². The lowest BCUT2D eigenvalue weighted by atomic mass is 10.2. The number of nitro groups is 1. The predicted octanol–water partition coefficient (Wildman–Crippen LogP) is 2.38. The van der Waals surface area contributed by atoms with Crippen molar-refractivity contribution < 1.29 is 9.66 Å². The van der Waals surface area contributed by atoms with E-state index in [0.29, 0.717) is 18.4 Å². The van der Waals surface area contributed by atoms with E-state index >= 15 is 0 Å². The first-order valence-corrected chi connectivity index (χ1v) is 5.85. The van der Waals surface area contributed by atoms with Crippen LogP contribution >= 0.6 is 11.6 Å². The standard InChI is InChI=1S/C11H13ClN2O3/c12-10-6-9(14(15)16)3-4-11(10)17-7-8-2-1-5-13-8/h3-4,6,8,13H,1-2,5,7H2/t8-/m0/s1. The van der Waals surface area contributed by atoms with Crippen LogP contribution < -0.4 is 10.1 Å². The number of ether oxygens (including phenoxy) is 1. The van der Waals surface area contributed by atoms with Crippen molar-refractivity contribution in [3.05, 3.63) is 33.3 Å². The van der Waals surface area contributed by atoms with Gasteiger partial charge in [0.25, 0.3) is 5.69 Å². The minimum Gasteiger partial charge on any atom is -0.490 e. The number of rotatable bonds is 4. The molecule has 0 saturated carbocycles. The Morgan fingerprint density at radius 2 is 2.41 bits per heavy atom. The molecule has 1 atom stereocenters. The zero-order valence-electron chi connectivity index (χ0n) is 9.19. The minimum absolute atomic E-state index is 0.0265. The normalized spacial score (nSPS) is 19.2. The van der Waals surface area contributed by atoms with Crippen molar-refractivity contribution in [1.29, 1.82) is 0 Å². The first-order valence-electron chi connectivity index (χ1n) is 5.47. The van der Waals surface area contributed by atoms with E-state index in [-0.39, 0.29) is 10.7 Å². The number of benzene rings is 1. The van der Waals surface area contributed by atoms with Gasteiger partial charge in [0, 0.05) is 18.2 Å². The second-order valence-corrected chi connectivity index (χ2v) is 4.38. The van der Waals surface area contributed by atoms with Crippen LogP contribution in [-0.4, -0.2) is 24.1 Å². The van der Waals surface area contributed by atoms with Crippen LogP contribution in [-0.2, 0) is 0 Å². The summed E-state index contributed by atoms with van der Waals surface area (Å²) in [6.45, 7) is 1.56. The highest BCUT2D eigenvalue weighted by atomic mass is 35.5. The van der Waals surface area contributed by atoms with Crippen molar-refractivity contribution in [2.24, 2.45) is 0 Å². The Hall–Kier alpha value is -1.33. The van der Waals surface area contributed by atoms with Gasteiger partial charge >= 0.3 is 0 Å². The summed E-state index contributed by atoms with van der Waals surface area (Å²) in [5, 5.41) is 14.1. The number of hydrogen-bond acceptors (Lipinski definition) is 4. The van der Waals surface area contributed by atoms with Gasteiger partial charge in [-0.25, -0.2) is 0 Å². The Kier molecular flexibility index (Phi) is 3.81. The highest BCUT2D eigenvalue weighted by Gasteiger charge is 2.16. The fourth-order valence-corrected chi connectivity index (χ4v) is 2.04. The molecule has 0 amide bonds. The van der Waals surface area contributed by atoms with Gasteiger partial charge in [0.1, 0.15) is 12.4 Å². The van der Waals surface area contributed by atoms with E-state index in [9.17, 15) is 10.1 Å². The maximum absolute atomic E-state index is 10.5. The number of halogens is 1. The van der Waals surface area contributed by atoms with Gasteiger partial charge in [-0.05, 0) is 25.5 Å². The first kappa shape index (κ1) is 12.1. The van der Waals surface area contributed by atoms with E-state index in [1.54, 1.807) is 0 Å². The molecule has 5 nitrogen and oxygen atoms in total. The summed E-state index contributed by atoms with van der Waals surface area (Å²) in [4.78, 5) is 10.0. The smallest absolute Gasteiger partial charge is 0.271 e. The Morgan fingerprint density at radius 1 is 1.59 bits per heavy atom. The number of nitrogens with one attached hydrogen (secondary N) is 1. The molecule has 1 heterocycles. The van der Waals surface area contributed by atoms with Crippen LogP contribution in [0, 0.1) is 10.1 Å². The Morgan fingerprint density at radius 3 is 3.00 bits per heavy atom. The molecule has 0 spiro atoms. The lowest BCUT2D eigenvalue weighted by Crippen LogP contribution is -2.28. The molecule has 1 aromatic carbocycles. The van der Waals surface area contributed by atoms with Gasteiger partial charge in [0.15, 0.2) is 0 Å². The van der Waals surface area contributed by atoms with E-state index in [2.05, 4.69) is 5.32 Å². The molecule has 1 aliphatic rings. The molecule has 92 valence electrons. The van der Waals surface area contributed by atoms with Crippen LogP contribution in [0.2, 0.25) is 5.02 Å². The summed E-state index contributed by atoms with van der Waals surface area (Å²) in [5.74, 6) is 0.492. The van der Waals surface area contributed by atoms with Crippen LogP contribution in [0.25, 0.3) is 0 Å². The third-order valence-electron chi connectivity index (χ3n) is 2.73. The van der Waals surface area contributed by atoms with Crippen molar-refractivity contribution >= 4 is 17.3 Å². The third kappa shape index (κ3) is 3.08. The molecule has 1 N–H and O–H groups in total. The summed E-state index contributed by atoms with van der Waals surface area (Å²) in [7, 11) is 0. The molecule has 0 aromatic heterocycles. The quantitative estimate of drug-likeness (QED) is 0.664. The van der Waals surface area contributed by atoms with Crippen LogP contribution in [0.15, 0.2) is 18.2 Å². The van der Waals surface area contributed by atoms with Crippen molar-refractivity contribution in [3.63, 3.8) is 0 Å². The molecule has 1 fully saturated rings. The Bertz CT molecular complexity index is 419. The summed E-state index contributed by atoms with van der Waals surface area (Å²) in [6.07, 6.45) is 2.24. The van der Waals surface area contributed by atoms with Crippen LogP contribution in [0.4, 0.5) is 5.69 Å². The van der Waals surface area contributed by atoms with Crippen molar-refractivity contribution in [1.82, 2.24) is 5.32 Å². The fraction of sp³-hybridized carbons (Fsp3) is 0.455. The van der Waals surface area contributed by atoms with Gasteiger partial charge in [0.05, 0.1) is 9.95 Å². The molecule has 1 aliphatic heterocycles. The average molecular weight is 257 g/mol. The molecule has 0 aliphatic carbocycles. The van der Waals surface area contributed by atoms with E-state index in [0.717, 1.165) is 19.4 Å². The van der Waals surface area contributed by atoms with Crippen LogP contribution in [0.3, 0.4) is 0 Å². The lowest BCUT2D eigenvalue weighted by molar-refractivity contribution is -0.384. The SMILES string of the molecule is O=[N+]([O-])c1ccc(OC[C@@H]2CCCN2)c(Cl)c1. The van der Waals surface area contributed by atoms with E-state index < -0.39 is 4.92 Å². The first-order chi connectivity index (χ1) is 8.16. The summed E-state index contributed by atoms with van der Waals surface area (Å²) in [6, 6.07) is 4.58. The second-order valence-electron chi connectivity index (χ2n) is 3.98. The van der Waals surface area contributed by atoms with Crippen molar-refractivity contribution in [2.75, 3.05) is 13.2 Å². The number of non-ortho nitro benzene ring substituents is 1. The number of nitro benzene ring substituents is 1. The zero-order valence-corrected chi connectivity index (χ0v) is 9.94. The highest BCUT2D eigenvalue weighted by Crippen LogP contribution is 2.28. The monoisotopic (exact) mass is 256 g/mol. The van der Waals surface area contributed by atoms with E-state index in [1.807, 2.05) is 0 Å². The number of hydrogen-bond donors (Lipinski definition) is 1. The third-order valence-corrected chi connectivity index (χ3v) is 3.02. The topological polar surface area (TPSA) is 64.4 Å². The summed E-state index contributed by atoms with van der Waals surface area (Å²) < 4.78 is 5.54. The maximum Gasteiger partial charge on any atom is 0.271 e. The molecule has 2 rings (SSSR count). The Balaban J connectivity index is 1.98. The minimum atomic E-state index is -0.478. The zero-order chi connectivity index (χ0) is 12.3. The maximum atomic E-state index is 10.5. The van der Waals surface area contributed by atoms with E-state index in [4.69, 9.17) is 16.3 Å². The molecule has 6 heteroatoms. The predicted molar refractivity (Wildman–Crippen MR) is 64.6 cm³/mol. The van der Waals surface area contributed by atoms with Crippen LogP contribution in [0.1, 0.15) is 12.8 Å². The molecule has 0 unspecified atom stereocenters. The summed E-state index contributed by atoms with van der Waals surface area (Å²) in [5.41, 5.74) is -0.0265. The van der Waals surface area contributed by atoms with Crippen molar-refractivity contribution in [3.8, 4) is 5.75 Å². The molecule has 0 radical (unpaired) electrons. The molecular formula is C11H13ClN2O3. The average Bonchev–Trinajstić information content (AvgIpc) is 2.80. The second kappa shape index (κ2) is 5.33. The van der Waals surface area contributed by atoms with Gasteiger partial charge in [0.2, 0.25) is 0 Å². The van der Waals surface area contributed by atoms with Gasteiger partial charge in [-0.2, -0.15) is 0 Å². The lowest BCUT2D eigenvalue weighted by Gasteiger charge is -2.12. The molecular weight excluding hydrogens is 244 g/mol. The van der Waals surface area contributed by atoms with Crippen molar-refractivity contribution in [2.45, 2.75) is 18.9 Å². The molecule has 0 bridgehead atoms. The van der Waals surface area contributed by atoms with Gasteiger partial charge in [-0.15, -0.1) is 0 Å². The van der Waals surface area contributed by atoms with Crippen LogP contribution in [0.5, 0.6) is 5.75 Å². The van der Waals surface area contributed by atoms with Gasteiger partial charge in [-0.3, -0.25) is 10.1 Å². The summed E-state index contributed by atoms with van der Waals surface area (Å²) >= 11 is 5.91.